The van der Waals surface area contributed by atoms with Crippen LogP contribution in [0.15, 0.2) is 65.3 Å². The van der Waals surface area contributed by atoms with Gasteiger partial charge in [-0.3, -0.25) is 4.98 Å². The molecule has 1 heterocycles. The Balaban J connectivity index is 1.84. The Bertz CT molecular complexity index is 687. The average Bonchev–Trinajstić information content (AvgIpc) is 2.47. The molecule has 0 fully saturated rings. The minimum absolute atomic E-state index is 0.796. The van der Waals surface area contributed by atoms with Crippen LogP contribution in [0.1, 0.15) is 5.56 Å². The fourth-order valence-corrected chi connectivity index (χ4v) is 2.34. The van der Waals surface area contributed by atoms with Crippen molar-refractivity contribution in [3.63, 3.8) is 0 Å². The molecule has 2 nitrogen and oxygen atoms in total. The van der Waals surface area contributed by atoms with Crippen LogP contribution in [-0.2, 0) is 6.54 Å². The standard InChI is InChI=1S/C16H13BrN2/c17-13-5-7-14(8-6-13)19-11-12-9-10-18-16-4-2-1-3-15(12)16/h1-10,19H,11H2. The highest BCUT2D eigenvalue weighted by Crippen LogP contribution is 2.19. The number of pyridine rings is 1. The predicted molar refractivity (Wildman–Crippen MR) is 83.2 cm³/mol. The van der Waals surface area contributed by atoms with Crippen molar-refractivity contribution in [3.8, 4) is 0 Å². The van der Waals surface area contributed by atoms with E-state index in [1.165, 1.54) is 10.9 Å². The molecular formula is C16H13BrN2. The van der Waals surface area contributed by atoms with Crippen LogP contribution < -0.4 is 5.32 Å². The van der Waals surface area contributed by atoms with E-state index in [9.17, 15) is 0 Å². The minimum atomic E-state index is 0.796. The van der Waals surface area contributed by atoms with E-state index in [1.807, 2.05) is 36.5 Å². The van der Waals surface area contributed by atoms with Gasteiger partial charge in [-0.15, -0.1) is 0 Å². The van der Waals surface area contributed by atoms with Gasteiger partial charge in [0.2, 0.25) is 0 Å². The lowest BCUT2D eigenvalue weighted by atomic mass is 10.1. The van der Waals surface area contributed by atoms with E-state index in [-0.39, 0.29) is 0 Å². The van der Waals surface area contributed by atoms with E-state index in [0.717, 1.165) is 22.2 Å². The zero-order valence-electron chi connectivity index (χ0n) is 10.3. The van der Waals surface area contributed by atoms with Crippen LogP contribution in [0.4, 0.5) is 5.69 Å². The van der Waals surface area contributed by atoms with Crippen molar-refractivity contribution in [1.82, 2.24) is 4.98 Å². The number of nitrogens with zero attached hydrogens (tertiary/aromatic N) is 1. The third kappa shape index (κ3) is 2.76. The van der Waals surface area contributed by atoms with Crippen molar-refractivity contribution >= 4 is 32.5 Å². The number of nitrogens with one attached hydrogen (secondary N) is 1. The molecule has 94 valence electrons. The maximum atomic E-state index is 4.37. The number of hydrogen-bond acceptors (Lipinski definition) is 2. The summed E-state index contributed by atoms with van der Waals surface area (Å²) in [6.07, 6.45) is 1.86. The molecule has 0 aliphatic rings. The van der Waals surface area contributed by atoms with Gasteiger partial charge in [-0.25, -0.2) is 0 Å². The van der Waals surface area contributed by atoms with Gasteiger partial charge in [0, 0.05) is 28.3 Å². The van der Waals surface area contributed by atoms with Crippen LogP contribution in [0, 0.1) is 0 Å². The molecule has 0 bridgehead atoms. The van der Waals surface area contributed by atoms with Crippen LogP contribution in [0.5, 0.6) is 0 Å². The molecule has 0 atom stereocenters. The molecule has 0 unspecified atom stereocenters. The molecule has 19 heavy (non-hydrogen) atoms. The van der Waals surface area contributed by atoms with Crippen molar-refractivity contribution in [2.24, 2.45) is 0 Å². The fraction of sp³-hybridized carbons (Fsp3) is 0.0625. The Morgan fingerprint density at radius 2 is 1.74 bits per heavy atom. The summed E-state index contributed by atoms with van der Waals surface area (Å²) < 4.78 is 1.09. The monoisotopic (exact) mass is 312 g/mol. The number of para-hydroxylation sites is 1. The Morgan fingerprint density at radius 1 is 0.947 bits per heavy atom. The molecule has 0 saturated heterocycles. The number of aromatic nitrogens is 1. The Labute approximate surface area is 120 Å². The summed E-state index contributed by atoms with van der Waals surface area (Å²) in [5, 5.41) is 4.64. The van der Waals surface area contributed by atoms with Crippen molar-refractivity contribution in [2.75, 3.05) is 5.32 Å². The number of hydrogen-bond donors (Lipinski definition) is 1. The van der Waals surface area contributed by atoms with Crippen LogP contribution in [-0.4, -0.2) is 4.98 Å². The largest absolute Gasteiger partial charge is 0.381 e. The maximum absolute atomic E-state index is 4.37. The molecule has 2 aromatic carbocycles. The number of halogens is 1. The van der Waals surface area contributed by atoms with Gasteiger partial charge in [-0.2, -0.15) is 0 Å². The predicted octanol–water partition coefficient (Wildman–Crippen LogP) is 4.61. The van der Waals surface area contributed by atoms with Crippen LogP contribution in [0.2, 0.25) is 0 Å². The number of rotatable bonds is 3. The van der Waals surface area contributed by atoms with Gasteiger partial charge in [-0.1, -0.05) is 34.1 Å². The van der Waals surface area contributed by atoms with Gasteiger partial charge < -0.3 is 5.32 Å². The van der Waals surface area contributed by atoms with Crippen LogP contribution in [0.25, 0.3) is 10.9 Å². The molecule has 0 radical (unpaired) electrons. The maximum Gasteiger partial charge on any atom is 0.0705 e. The Hall–Kier alpha value is -1.87. The summed E-state index contributed by atoms with van der Waals surface area (Å²) in [6.45, 7) is 0.796. The third-order valence-corrected chi connectivity index (χ3v) is 3.60. The van der Waals surface area contributed by atoms with E-state index in [0.29, 0.717) is 0 Å². The van der Waals surface area contributed by atoms with Crippen molar-refractivity contribution in [2.45, 2.75) is 6.54 Å². The lowest BCUT2D eigenvalue weighted by Gasteiger charge is -2.09. The summed E-state index contributed by atoms with van der Waals surface area (Å²) in [4.78, 5) is 4.37. The van der Waals surface area contributed by atoms with Crippen molar-refractivity contribution in [3.05, 3.63) is 70.8 Å². The highest BCUT2D eigenvalue weighted by atomic mass is 79.9. The molecule has 1 N–H and O–H groups in total. The van der Waals surface area contributed by atoms with Crippen molar-refractivity contribution < 1.29 is 0 Å². The number of fused-ring (bicyclic) bond motifs is 1. The summed E-state index contributed by atoms with van der Waals surface area (Å²) in [6, 6.07) is 18.5. The molecule has 3 heteroatoms. The second-order valence-electron chi connectivity index (χ2n) is 4.35. The van der Waals surface area contributed by atoms with E-state index in [1.54, 1.807) is 0 Å². The summed E-state index contributed by atoms with van der Waals surface area (Å²) in [7, 11) is 0. The zero-order chi connectivity index (χ0) is 13.1. The van der Waals surface area contributed by atoms with Crippen molar-refractivity contribution in [1.29, 1.82) is 0 Å². The first-order chi connectivity index (χ1) is 9.33. The topological polar surface area (TPSA) is 24.9 Å². The Morgan fingerprint density at radius 3 is 2.58 bits per heavy atom. The summed E-state index contributed by atoms with van der Waals surface area (Å²) >= 11 is 3.44. The molecule has 3 aromatic rings. The first-order valence-corrected chi connectivity index (χ1v) is 6.94. The average molecular weight is 313 g/mol. The SMILES string of the molecule is Brc1ccc(NCc2ccnc3ccccc23)cc1. The molecule has 0 saturated carbocycles. The Kier molecular flexibility index (Phi) is 3.47. The summed E-state index contributed by atoms with van der Waals surface area (Å²) in [5.74, 6) is 0. The second-order valence-corrected chi connectivity index (χ2v) is 5.26. The van der Waals surface area contributed by atoms with Gasteiger partial charge in [-0.05, 0) is 42.0 Å². The summed E-state index contributed by atoms with van der Waals surface area (Å²) in [5.41, 5.74) is 3.41. The van der Waals surface area contributed by atoms with Crippen LogP contribution >= 0.6 is 15.9 Å². The van der Waals surface area contributed by atoms with E-state index in [2.05, 4.69) is 50.5 Å². The lowest BCUT2D eigenvalue weighted by molar-refractivity contribution is 1.16. The zero-order valence-corrected chi connectivity index (χ0v) is 11.9. The highest BCUT2D eigenvalue weighted by molar-refractivity contribution is 9.10. The smallest absolute Gasteiger partial charge is 0.0705 e. The first kappa shape index (κ1) is 12.2. The third-order valence-electron chi connectivity index (χ3n) is 3.07. The molecule has 0 aliphatic carbocycles. The van der Waals surface area contributed by atoms with Gasteiger partial charge in [0.25, 0.3) is 0 Å². The fourth-order valence-electron chi connectivity index (χ4n) is 2.07. The lowest BCUT2D eigenvalue weighted by Crippen LogP contribution is -2.00. The molecule has 0 spiro atoms. The normalized spacial score (nSPS) is 10.6. The number of anilines is 1. The van der Waals surface area contributed by atoms with E-state index in [4.69, 9.17) is 0 Å². The quantitative estimate of drug-likeness (QED) is 0.764. The molecule has 1 aromatic heterocycles. The molecule has 3 rings (SSSR count). The van der Waals surface area contributed by atoms with E-state index >= 15 is 0 Å². The van der Waals surface area contributed by atoms with Gasteiger partial charge in [0.1, 0.15) is 0 Å². The van der Waals surface area contributed by atoms with E-state index < -0.39 is 0 Å². The van der Waals surface area contributed by atoms with Crippen LogP contribution in [0.3, 0.4) is 0 Å². The molecular weight excluding hydrogens is 300 g/mol. The minimum Gasteiger partial charge on any atom is -0.381 e. The second kappa shape index (κ2) is 5.41. The number of benzene rings is 2. The highest BCUT2D eigenvalue weighted by Gasteiger charge is 2.01. The molecule has 0 aliphatic heterocycles. The first-order valence-electron chi connectivity index (χ1n) is 6.15. The van der Waals surface area contributed by atoms with Gasteiger partial charge in [0.15, 0.2) is 0 Å². The van der Waals surface area contributed by atoms with Gasteiger partial charge >= 0.3 is 0 Å². The van der Waals surface area contributed by atoms with Gasteiger partial charge in [0.05, 0.1) is 5.52 Å². The molecule has 0 amide bonds.